The molecule has 1 atom stereocenters. The smallest absolute Gasteiger partial charge is 0.191 e. The van der Waals surface area contributed by atoms with E-state index in [0.29, 0.717) is 6.61 Å². The molecule has 0 spiro atoms. The Hall–Kier alpha value is -2.37. The number of ether oxygens (including phenoxy) is 1. The van der Waals surface area contributed by atoms with Gasteiger partial charge >= 0.3 is 0 Å². The van der Waals surface area contributed by atoms with Crippen molar-refractivity contribution in [2.75, 3.05) is 19.7 Å². The summed E-state index contributed by atoms with van der Waals surface area (Å²) in [6.07, 6.45) is 3.52. The van der Waals surface area contributed by atoms with Gasteiger partial charge in [0.25, 0.3) is 0 Å². The molecule has 25 heavy (non-hydrogen) atoms. The fraction of sp³-hybridized carbons (Fsp3) is 0.350. The Bertz CT molecular complexity index is 806. The van der Waals surface area contributed by atoms with E-state index in [1.165, 1.54) is 0 Å². The van der Waals surface area contributed by atoms with Gasteiger partial charge in [0.1, 0.15) is 11.6 Å². The molecule has 5 nitrogen and oxygen atoms in total. The quantitative estimate of drug-likeness (QED) is 0.773. The number of benzene rings is 1. The van der Waals surface area contributed by atoms with E-state index < -0.39 is 6.35 Å². The predicted molar refractivity (Wildman–Crippen MR) is 97.5 cm³/mol. The van der Waals surface area contributed by atoms with Crippen LogP contribution >= 0.6 is 0 Å². The zero-order valence-electron chi connectivity index (χ0n) is 14.4. The van der Waals surface area contributed by atoms with Gasteiger partial charge < -0.3 is 9.84 Å². The summed E-state index contributed by atoms with van der Waals surface area (Å²) >= 11 is 0. The largest absolute Gasteiger partial charge is 0.494 e. The first-order chi connectivity index (χ1) is 12.3. The van der Waals surface area contributed by atoms with Crippen LogP contribution in [-0.2, 0) is 0 Å². The van der Waals surface area contributed by atoms with Gasteiger partial charge in [0.05, 0.1) is 12.3 Å². The zero-order valence-corrected chi connectivity index (χ0v) is 14.4. The average molecular weight is 337 g/mol. The van der Waals surface area contributed by atoms with Crippen molar-refractivity contribution < 1.29 is 9.84 Å². The topological polar surface area (TPSA) is 50.5 Å². The van der Waals surface area contributed by atoms with Crippen LogP contribution in [0.1, 0.15) is 26.1 Å². The second-order valence-electron chi connectivity index (χ2n) is 6.38. The lowest BCUT2D eigenvalue weighted by molar-refractivity contribution is -0.0404. The van der Waals surface area contributed by atoms with Crippen molar-refractivity contribution >= 4 is 0 Å². The molecular formula is C20H23N3O2. The Kier molecular flexibility index (Phi) is 4.42. The summed E-state index contributed by atoms with van der Waals surface area (Å²) in [7, 11) is 0. The van der Waals surface area contributed by atoms with Crippen molar-refractivity contribution in [3.05, 3.63) is 48.7 Å². The molecule has 0 bridgehead atoms. The van der Waals surface area contributed by atoms with E-state index in [-0.39, 0.29) is 0 Å². The lowest BCUT2D eigenvalue weighted by Crippen LogP contribution is -2.30. The van der Waals surface area contributed by atoms with E-state index in [0.717, 1.165) is 54.3 Å². The summed E-state index contributed by atoms with van der Waals surface area (Å²) in [6.45, 7) is 4.49. The first-order valence-electron chi connectivity index (χ1n) is 8.89. The molecule has 0 amide bonds. The van der Waals surface area contributed by atoms with Crippen molar-refractivity contribution in [3.8, 4) is 28.4 Å². The summed E-state index contributed by atoms with van der Waals surface area (Å²) in [5.74, 6) is 1.67. The maximum absolute atomic E-state index is 10.7. The first-order valence-corrected chi connectivity index (χ1v) is 8.89. The number of pyridine rings is 1. The third kappa shape index (κ3) is 3.13. The van der Waals surface area contributed by atoms with Crippen LogP contribution in [0.4, 0.5) is 0 Å². The average Bonchev–Trinajstić information content (AvgIpc) is 3.31. The molecule has 1 unspecified atom stereocenters. The van der Waals surface area contributed by atoms with Crippen LogP contribution in [0.2, 0.25) is 0 Å². The lowest BCUT2D eigenvalue weighted by atomic mass is 10.1. The van der Waals surface area contributed by atoms with E-state index in [1.54, 1.807) is 0 Å². The number of nitrogens with zero attached hydrogens (tertiary/aromatic N) is 3. The van der Waals surface area contributed by atoms with Gasteiger partial charge in [-0.2, -0.15) is 0 Å². The molecule has 1 N–H and O–H groups in total. The van der Waals surface area contributed by atoms with Crippen LogP contribution in [0.25, 0.3) is 22.6 Å². The minimum atomic E-state index is -0.658. The number of likely N-dealkylation sites (tertiary alicyclic amines) is 1. The second-order valence-corrected chi connectivity index (χ2v) is 6.38. The molecule has 0 radical (unpaired) electrons. The lowest BCUT2D eigenvalue weighted by Gasteiger charge is -2.26. The molecular weight excluding hydrogens is 314 g/mol. The predicted octanol–water partition coefficient (Wildman–Crippen LogP) is 3.60. The van der Waals surface area contributed by atoms with Crippen LogP contribution in [0.3, 0.4) is 0 Å². The van der Waals surface area contributed by atoms with E-state index in [1.807, 2.05) is 54.1 Å². The molecule has 0 aliphatic carbocycles. The molecule has 0 saturated carbocycles. The van der Waals surface area contributed by atoms with Gasteiger partial charge in [0, 0.05) is 30.4 Å². The first kappa shape index (κ1) is 16.1. The van der Waals surface area contributed by atoms with E-state index in [2.05, 4.69) is 11.0 Å². The van der Waals surface area contributed by atoms with Gasteiger partial charge in [-0.1, -0.05) is 0 Å². The Morgan fingerprint density at radius 1 is 1.12 bits per heavy atom. The molecule has 1 aromatic carbocycles. The van der Waals surface area contributed by atoms with Gasteiger partial charge in [-0.25, -0.2) is 4.98 Å². The fourth-order valence-electron chi connectivity index (χ4n) is 3.43. The summed E-state index contributed by atoms with van der Waals surface area (Å²) in [5.41, 5.74) is 2.98. The van der Waals surface area contributed by atoms with Gasteiger partial charge in [-0.3, -0.25) is 9.47 Å². The Morgan fingerprint density at radius 3 is 2.60 bits per heavy atom. The molecule has 3 heterocycles. The minimum Gasteiger partial charge on any atom is -0.494 e. The summed E-state index contributed by atoms with van der Waals surface area (Å²) in [6, 6.07) is 14.0. The maximum Gasteiger partial charge on any atom is 0.191 e. The molecule has 5 heteroatoms. The minimum absolute atomic E-state index is 0.658. The fourth-order valence-corrected chi connectivity index (χ4v) is 3.43. The van der Waals surface area contributed by atoms with Crippen LogP contribution < -0.4 is 4.74 Å². The van der Waals surface area contributed by atoms with E-state index in [4.69, 9.17) is 9.72 Å². The van der Waals surface area contributed by atoms with Gasteiger partial charge in [-0.15, -0.1) is 0 Å². The molecule has 0 aromatic heterocycles. The van der Waals surface area contributed by atoms with Gasteiger partial charge in [0.2, 0.25) is 0 Å². The maximum atomic E-state index is 10.7. The van der Waals surface area contributed by atoms with Crippen LogP contribution in [0, 0.1) is 0 Å². The van der Waals surface area contributed by atoms with Crippen molar-refractivity contribution in [2.45, 2.75) is 26.1 Å². The molecule has 3 aliphatic rings. The molecule has 130 valence electrons. The number of aliphatic hydroxyl groups is 1. The molecule has 1 saturated heterocycles. The number of fused-ring (bicyclic) bond motifs is 1. The zero-order chi connectivity index (χ0) is 17.2. The number of aliphatic hydroxyl groups excluding tert-OH is 1. The molecule has 1 aromatic rings. The molecule has 4 rings (SSSR count). The number of rotatable bonds is 5. The number of hydrogen-bond acceptors (Lipinski definition) is 4. The normalized spacial score (nSPS) is 16.4. The molecule has 1 fully saturated rings. The van der Waals surface area contributed by atoms with E-state index >= 15 is 0 Å². The standard InChI is InChI=1S/C20H23N3O2/c1-2-25-17-9-7-15(8-10-17)18-14-16-6-5-13-23(19(16)21-18)20(24)22-11-3-4-12-22/h5-10,13-14,20,24H,2-4,11-12H2,1H3. The summed E-state index contributed by atoms with van der Waals surface area (Å²) in [5, 5.41) is 10.7. The van der Waals surface area contributed by atoms with Crippen molar-refractivity contribution in [2.24, 2.45) is 0 Å². The highest BCUT2D eigenvalue weighted by atomic mass is 16.5. The number of aromatic nitrogens is 2. The van der Waals surface area contributed by atoms with Crippen LogP contribution in [-0.4, -0.2) is 39.3 Å². The Labute approximate surface area is 147 Å². The van der Waals surface area contributed by atoms with Crippen molar-refractivity contribution in [3.63, 3.8) is 0 Å². The second kappa shape index (κ2) is 6.86. The van der Waals surface area contributed by atoms with Gasteiger partial charge in [-0.05, 0) is 62.2 Å². The number of hydrogen-bond donors (Lipinski definition) is 1. The Morgan fingerprint density at radius 2 is 1.88 bits per heavy atom. The summed E-state index contributed by atoms with van der Waals surface area (Å²) in [4.78, 5) is 6.87. The summed E-state index contributed by atoms with van der Waals surface area (Å²) < 4.78 is 7.36. The van der Waals surface area contributed by atoms with Crippen molar-refractivity contribution in [1.29, 1.82) is 0 Å². The Balaban J connectivity index is 1.67. The SMILES string of the molecule is CCOc1ccc(-c2cc3cccn(C(O)N4CCCC4)c-3n2)cc1. The van der Waals surface area contributed by atoms with Crippen molar-refractivity contribution in [1.82, 2.24) is 14.5 Å². The monoisotopic (exact) mass is 337 g/mol. The third-order valence-electron chi connectivity index (χ3n) is 4.72. The highest BCUT2D eigenvalue weighted by Crippen LogP contribution is 2.31. The molecule has 3 aliphatic heterocycles. The van der Waals surface area contributed by atoms with E-state index in [9.17, 15) is 5.11 Å². The van der Waals surface area contributed by atoms with Gasteiger partial charge in [0.15, 0.2) is 6.35 Å². The highest BCUT2D eigenvalue weighted by molar-refractivity contribution is 5.72. The third-order valence-corrected chi connectivity index (χ3v) is 4.72. The van der Waals surface area contributed by atoms with Crippen LogP contribution in [0.5, 0.6) is 5.75 Å². The highest BCUT2D eigenvalue weighted by Gasteiger charge is 2.24. The van der Waals surface area contributed by atoms with Crippen LogP contribution in [0.15, 0.2) is 48.7 Å².